The Kier molecular flexibility index (Phi) is 5.50. The van der Waals surface area contributed by atoms with E-state index in [4.69, 9.17) is 15.2 Å². The number of nitrogens with one attached hydrogen (secondary N) is 1. The number of ether oxygens (including phenoxy) is 2. The normalized spacial score (nSPS) is 9.61. The third-order valence-corrected chi connectivity index (χ3v) is 1.97. The summed E-state index contributed by atoms with van der Waals surface area (Å²) >= 11 is 0. The van der Waals surface area contributed by atoms with Crippen molar-refractivity contribution in [2.75, 3.05) is 19.8 Å². The van der Waals surface area contributed by atoms with E-state index in [0.29, 0.717) is 18.1 Å². The van der Waals surface area contributed by atoms with E-state index in [1.165, 1.54) is 0 Å². The minimum Gasteiger partial charge on any atom is -0.490 e. The highest BCUT2D eigenvalue weighted by Crippen LogP contribution is 2.25. The quantitative estimate of drug-likeness (QED) is 0.718. The molecular weight excluding hydrogens is 236 g/mol. The summed E-state index contributed by atoms with van der Waals surface area (Å²) in [6.45, 7) is 1.97. The van der Waals surface area contributed by atoms with Crippen LogP contribution in [0.15, 0.2) is 24.3 Å². The van der Waals surface area contributed by atoms with Crippen LogP contribution in [0.1, 0.15) is 6.92 Å². The summed E-state index contributed by atoms with van der Waals surface area (Å²) < 4.78 is 10.6. The Morgan fingerprint density at radius 3 is 2.39 bits per heavy atom. The van der Waals surface area contributed by atoms with Crippen molar-refractivity contribution in [3.05, 3.63) is 24.3 Å². The smallest absolute Gasteiger partial charge is 0.258 e. The molecule has 6 heteroatoms. The molecule has 0 fully saturated rings. The van der Waals surface area contributed by atoms with Gasteiger partial charge in [0.2, 0.25) is 5.91 Å². The maximum absolute atomic E-state index is 11.3. The fourth-order valence-electron chi connectivity index (χ4n) is 1.22. The highest BCUT2D eigenvalue weighted by atomic mass is 16.5. The zero-order chi connectivity index (χ0) is 13.4. The summed E-state index contributed by atoms with van der Waals surface area (Å²) in [4.78, 5) is 21.8. The Balaban J connectivity index is 2.47. The minimum atomic E-state index is -0.599. The van der Waals surface area contributed by atoms with Gasteiger partial charge >= 0.3 is 0 Å². The number of rotatable bonds is 7. The summed E-state index contributed by atoms with van der Waals surface area (Å²) in [5.74, 6) is 0.0365. The SMILES string of the molecule is CCOc1ccccc1OCC(=O)NCC(N)=O. The van der Waals surface area contributed by atoms with Crippen LogP contribution < -0.4 is 20.5 Å². The molecule has 6 nitrogen and oxygen atoms in total. The molecule has 18 heavy (non-hydrogen) atoms. The van der Waals surface area contributed by atoms with Gasteiger partial charge in [-0.05, 0) is 19.1 Å². The molecule has 1 rings (SSSR count). The van der Waals surface area contributed by atoms with Crippen LogP contribution in [0, 0.1) is 0 Å². The van der Waals surface area contributed by atoms with Gasteiger partial charge in [-0.3, -0.25) is 9.59 Å². The molecule has 1 aromatic carbocycles. The fourth-order valence-corrected chi connectivity index (χ4v) is 1.22. The molecule has 0 aliphatic rings. The zero-order valence-electron chi connectivity index (χ0n) is 10.1. The van der Waals surface area contributed by atoms with Gasteiger partial charge in [0.05, 0.1) is 13.2 Å². The Labute approximate surface area is 105 Å². The number of carbonyl (C=O) groups is 2. The number of para-hydroxylation sites is 2. The molecular formula is C12H16N2O4. The Hall–Kier alpha value is -2.24. The van der Waals surface area contributed by atoms with Crippen LogP contribution in [0.2, 0.25) is 0 Å². The van der Waals surface area contributed by atoms with E-state index in [0.717, 1.165) is 0 Å². The number of amides is 2. The molecule has 1 aromatic rings. The molecule has 98 valence electrons. The van der Waals surface area contributed by atoms with Crippen molar-refractivity contribution >= 4 is 11.8 Å². The van der Waals surface area contributed by atoms with Crippen molar-refractivity contribution in [2.45, 2.75) is 6.92 Å². The predicted molar refractivity (Wildman–Crippen MR) is 65.3 cm³/mol. The van der Waals surface area contributed by atoms with Crippen LogP contribution in [0.5, 0.6) is 11.5 Å². The molecule has 0 aliphatic heterocycles. The van der Waals surface area contributed by atoms with Gasteiger partial charge in [0, 0.05) is 0 Å². The van der Waals surface area contributed by atoms with Gasteiger partial charge in [0.25, 0.3) is 5.91 Å². The van der Waals surface area contributed by atoms with Crippen LogP contribution in [0.3, 0.4) is 0 Å². The largest absolute Gasteiger partial charge is 0.490 e. The molecule has 0 saturated heterocycles. The lowest BCUT2D eigenvalue weighted by Crippen LogP contribution is -2.36. The van der Waals surface area contributed by atoms with E-state index in [1.807, 2.05) is 13.0 Å². The minimum absolute atomic E-state index is 0.197. The van der Waals surface area contributed by atoms with E-state index in [1.54, 1.807) is 18.2 Å². The average Bonchev–Trinajstić information content (AvgIpc) is 2.35. The zero-order valence-corrected chi connectivity index (χ0v) is 10.1. The molecule has 0 atom stereocenters. The Morgan fingerprint density at radius 1 is 1.22 bits per heavy atom. The maximum atomic E-state index is 11.3. The molecule has 0 radical (unpaired) electrons. The van der Waals surface area contributed by atoms with E-state index in [2.05, 4.69) is 5.32 Å². The number of hydrogen-bond donors (Lipinski definition) is 2. The number of carbonyl (C=O) groups excluding carboxylic acids is 2. The van der Waals surface area contributed by atoms with Gasteiger partial charge < -0.3 is 20.5 Å². The van der Waals surface area contributed by atoms with Gasteiger partial charge in [-0.15, -0.1) is 0 Å². The Morgan fingerprint density at radius 2 is 1.83 bits per heavy atom. The summed E-state index contributed by atoms with van der Waals surface area (Å²) in [6, 6.07) is 7.04. The second-order valence-corrected chi connectivity index (χ2v) is 3.41. The van der Waals surface area contributed by atoms with Gasteiger partial charge in [0.1, 0.15) is 0 Å². The van der Waals surface area contributed by atoms with Crippen LogP contribution in [0.25, 0.3) is 0 Å². The highest BCUT2D eigenvalue weighted by molar-refractivity contribution is 5.84. The topological polar surface area (TPSA) is 90.7 Å². The number of hydrogen-bond acceptors (Lipinski definition) is 4. The van der Waals surface area contributed by atoms with Crippen molar-refractivity contribution in [3.63, 3.8) is 0 Å². The van der Waals surface area contributed by atoms with Crippen molar-refractivity contribution < 1.29 is 19.1 Å². The van der Waals surface area contributed by atoms with Gasteiger partial charge in [0.15, 0.2) is 18.1 Å². The first-order valence-corrected chi connectivity index (χ1v) is 5.53. The first kappa shape index (κ1) is 13.8. The predicted octanol–water partition coefficient (Wildman–Crippen LogP) is 0.0656. The second kappa shape index (κ2) is 7.16. The summed E-state index contributed by atoms with van der Waals surface area (Å²) in [5.41, 5.74) is 4.90. The van der Waals surface area contributed by atoms with Crippen molar-refractivity contribution in [3.8, 4) is 11.5 Å². The maximum Gasteiger partial charge on any atom is 0.258 e. The standard InChI is InChI=1S/C12H16N2O4/c1-2-17-9-5-3-4-6-10(9)18-8-12(16)14-7-11(13)15/h3-6H,2,7-8H2,1H3,(H2,13,15)(H,14,16). The van der Waals surface area contributed by atoms with E-state index < -0.39 is 11.8 Å². The second-order valence-electron chi connectivity index (χ2n) is 3.41. The molecule has 0 bridgehead atoms. The van der Waals surface area contributed by atoms with Crippen molar-refractivity contribution in [1.29, 1.82) is 0 Å². The fraction of sp³-hybridized carbons (Fsp3) is 0.333. The highest BCUT2D eigenvalue weighted by Gasteiger charge is 2.07. The van der Waals surface area contributed by atoms with E-state index >= 15 is 0 Å². The van der Waals surface area contributed by atoms with Gasteiger partial charge in [-0.25, -0.2) is 0 Å². The van der Waals surface area contributed by atoms with Gasteiger partial charge in [-0.1, -0.05) is 12.1 Å². The Bertz CT molecular complexity index is 420. The van der Waals surface area contributed by atoms with E-state index in [-0.39, 0.29) is 13.2 Å². The van der Waals surface area contributed by atoms with Crippen LogP contribution in [-0.2, 0) is 9.59 Å². The first-order valence-electron chi connectivity index (χ1n) is 5.53. The molecule has 0 heterocycles. The molecule has 0 saturated carbocycles. The van der Waals surface area contributed by atoms with Crippen LogP contribution in [0.4, 0.5) is 0 Å². The van der Waals surface area contributed by atoms with E-state index in [9.17, 15) is 9.59 Å². The lowest BCUT2D eigenvalue weighted by Gasteiger charge is -2.11. The molecule has 3 N–H and O–H groups in total. The third-order valence-electron chi connectivity index (χ3n) is 1.97. The average molecular weight is 252 g/mol. The summed E-state index contributed by atoms with van der Waals surface area (Å²) in [7, 11) is 0. The molecule has 0 aliphatic carbocycles. The lowest BCUT2D eigenvalue weighted by molar-refractivity contribution is -0.126. The van der Waals surface area contributed by atoms with Crippen molar-refractivity contribution in [2.24, 2.45) is 5.73 Å². The molecule has 2 amide bonds. The summed E-state index contributed by atoms with van der Waals surface area (Å²) in [5, 5.41) is 2.32. The lowest BCUT2D eigenvalue weighted by atomic mass is 10.3. The molecule has 0 unspecified atom stereocenters. The summed E-state index contributed by atoms with van der Waals surface area (Å²) in [6.07, 6.45) is 0. The van der Waals surface area contributed by atoms with Crippen LogP contribution in [-0.4, -0.2) is 31.6 Å². The molecule has 0 aromatic heterocycles. The molecule has 0 spiro atoms. The third kappa shape index (κ3) is 4.73. The number of nitrogens with two attached hydrogens (primary N) is 1. The van der Waals surface area contributed by atoms with Crippen molar-refractivity contribution in [1.82, 2.24) is 5.32 Å². The number of benzene rings is 1. The number of primary amides is 1. The van der Waals surface area contributed by atoms with Crippen LogP contribution >= 0.6 is 0 Å². The monoisotopic (exact) mass is 252 g/mol. The first-order chi connectivity index (χ1) is 8.63. The van der Waals surface area contributed by atoms with Gasteiger partial charge in [-0.2, -0.15) is 0 Å².